The number of hydrogen-bond donors (Lipinski definition) is 2. The fourth-order valence-electron chi connectivity index (χ4n) is 1.76. The van der Waals surface area contributed by atoms with E-state index in [0.717, 1.165) is 11.8 Å². The first kappa shape index (κ1) is 18.7. The van der Waals surface area contributed by atoms with Crippen molar-refractivity contribution in [2.75, 3.05) is 22.1 Å². The van der Waals surface area contributed by atoms with E-state index in [1.165, 1.54) is 24.3 Å². The number of alkyl halides is 2. The van der Waals surface area contributed by atoms with Crippen molar-refractivity contribution in [2.24, 2.45) is 0 Å². The Balaban J connectivity index is 1.68. The van der Waals surface area contributed by atoms with Gasteiger partial charge in [-0.3, -0.25) is 9.59 Å². The number of benzene rings is 1. The number of carbonyl (C=O) groups excluding carboxylic acids is 2. The second-order valence-corrected chi connectivity index (χ2v) is 5.80. The molecule has 1 heterocycles. The fourth-order valence-corrected chi connectivity index (χ4v) is 2.37. The molecule has 2 aromatic rings. The molecule has 2 rings (SSSR count). The molecule has 0 atom stereocenters. The standard InChI is InChI=1S/C15H15F2N3O4S/c1-9-6-12(20-24-9)19-14(22)8-25-7-13(21)18-10-2-4-11(5-3-10)23-15(16)17/h2-6,15H,7-8H2,1H3,(H,18,21)(H,19,20,22). The molecule has 10 heteroatoms. The quantitative estimate of drug-likeness (QED) is 0.741. The summed E-state index contributed by atoms with van der Waals surface area (Å²) in [5.41, 5.74) is 0.440. The average molecular weight is 371 g/mol. The van der Waals surface area contributed by atoms with Crippen molar-refractivity contribution in [3.05, 3.63) is 36.1 Å². The van der Waals surface area contributed by atoms with Crippen LogP contribution < -0.4 is 15.4 Å². The van der Waals surface area contributed by atoms with E-state index in [1.54, 1.807) is 13.0 Å². The average Bonchev–Trinajstić information content (AvgIpc) is 2.93. The summed E-state index contributed by atoms with van der Waals surface area (Å²) in [6.07, 6.45) is 0. The third-order valence-corrected chi connectivity index (χ3v) is 3.66. The zero-order chi connectivity index (χ0) is 18.2. The molecule has 0 saturated heterocycles. The number of carbonyl (C=O) groups is 2. The lowest BCUT2D eigenvalue weighted by Gasteiger charge is -2.07. The Morgan fingerprint density at radius 3 is 2.40 bits per heavy atom. The number of anilines is 2. The minimum absolute atomic E-state index is 0.00198. The van der Waals surface area contributed by atoms with Crippen LogP contribution in [0.15, 0.2) is 34.9 Å². The van der Waals surface area contributed by atoms with E-state index in [1.807, 2.05) is 0 Å². The minimum Gasteiger partial charge on any atom is -0.435 e. The summed E-state index contributed by atoms with van der Waals surface area (Å²) < 4.78 is 33.1. The summed E-state index contributed by atoms with van der Waals surface area (Å²) >= 11 is 1.12. The Morgan fingerprint density at radius 2 is 1.84 bits per heavy atom. The number of halogens is 2. The second kappa shape index (κ2) is 9.02. The van der Waals surface area contributed by atoms with E-state index in [-0.39, 0.29) is 29.1 Å². The molecule has 0 radical (unpaired) electrons. The molecule has 0 saturated carbocycles. The molecule has 25 heavy (non-hydrogen) atoms. The van der Waals surface area contributed by atoms with Gasteiger partial charge in [-0.2, -0.15) is 8.78 Å². The minimum atomic E-state index is -2.90. The zero-order valence-electron chi connectivity index (χ0n) is 13.1. The summed E-state index contributed by atoms with van der Waals surface area (Å²) in [4.78, 5) is 23.4. The maximum Gasteiger partial charge on any atom is 0.387 e. The highest BCUT2D eigenvalue weighted by molar-refractivity contribution is 8.00. The number of aryl methyl sites for hydroxylation is 1. The second-order valence-electron chi connectivity index (χ2n) is 4.81. The molecule has 2 amide bonds. The summed E-state index contributed by atoms with van der Waals surface area (Å²) in [6.45, 7) is -1.20. The third-order valence-electron chi connectivity index (χ3n) is 2.73. The van der Waals surface area contributed by atoms with Crippen molar-refractivity contribution < 1.29 is 27.6 Å². The molecule has 1 aromatic carbocycles. The van der Waals surface area contributed by atoms with Gasteiger partial charge < -0.3 is 19.9 Å². The molecule has 0 aliphatic carbocycles. The highest BCUT2D eigenvalue weighted by Crippen LogP contribution is 2.18. The van der Waals surface area contributed by atoms with Crippen molar-refractivity contribution >= 4 is 35.1 Å². The zero-order valence-corrected chi connectivity index (χ0v) is 13.9. The van der Waals surface area contributed by atoms with Crippen LogP contribution in [0.3, 0.4) is 0 Å². The molecule has 7 nitrogen and oxygen atoms in total. The van der Waals surface area contributed by atoms with E-state index >= 15 is 0 Å². The van der Waals surface area contributed by atoms with Gasteiger partial charge in [0.2, 0.25) is 11.8 Å². The third kappa shape index (κ3) is 6.79. The lowest BCUT2D eigenvalue weighted by Crippen LogP contribution is -2.18. The van der Waals surface area contributed by atoms with Gasteiger partial charge in [-0.15, -0.1) is 11.8 Å². The first-order valence-electron chi connectivity index (χ1n) is 7.08. The van der Waals surface area contributed by atoms with Gasteiger partial charge in [0.15, 0.2) is 5.82 Å². The van der Waals surface area contributed by atoms with Gasteiger partial charge >= 0.3 is 6.61 Å². The van der Waals surface area contributed by atoms with Crippen molar-refractivity contribution in [3.8, 4) is 5.75 Å². The van der Waals surface area contributed by atoms with Crippen LogP contribution in [-0.4, -0.2) is 35.1 Å². The first-order chi connectivity index (χ1) is 11.9. The highest BCUT2D eigenvalue weighted by atomic mass is 32.2. The maximum absolute atomic E-state index is 12.0. The van der Waals surface area contributed by atoms with Crippen LogP contribution in [-0.2, 0) is 9.59 Å². The van der Waals surface area contributed by atoms with Gasteiger partial charge in [0, 0.05) is 11.8 Å². The van der Waals surface area contributed by atoms with Crippen molar-refractivity contribution in [2.45, 2.75) is 13.5 Å². The van der Waals surface area contributed by atoms with Gasteiger partial charge in [-0.1, -0.05) is 5.16 Å². The maximum atomic E-state index is 12.0. The predicted molar refractivity (Wildman–Crippen MR) is 88.9 cm³/mol. The van der Waals surface area contributed by atoms with Crippen LogP contribution >= 0.6 is 11.8 Å². The number of nitrogens with zero attached hydrogens (tertiary/aromatic N) is 1. The number of nitrogens with one attached hydrogen (secondary N) is 2. The predicted octanol–water partition coefficient (Wildman–Crippen LogP) is 2.89. The van der Waals surface area contributed by atoms with Gasteiger partial charge in [0.1, 0.15) is 11.5 Å². The SMILES string of the molecule is Cc1cc(NC(=O)CSCC(=O)Nc2ccc(OC(F)F)cc2)no1. The molecule has 0 fully saturated rings. The van der Waals surface area contributed by atoms with Crippen molar-refractivity contribution in [1.82, 2.24) is 5.16 Å². The molecule has 0 bridgehead atoms. The molecule has 1 aromatic heterocycles. The summed E-state index contributed by atoms with van der Waals surface area (Å²) in [6, 6.07) is 7.11. The van der Waals surface area contributed by atoms with Crippen LogP contribution in [0.2, 0.25) is 0 Å². The Bertz CT molecular complexity index is 722. The number of hydrogen-bond acceptors (Lipinski definition) is 6. The summed E-state index contributed by atoms with van der Waals surface area (Å²) in [7, 11) is 0. The molecule has 0 aliphatic rings. The normalized spacial score (nSPS) is 10.6. The Labute approximate surface area is 146 Å². The molecule has 134 valence electrons. The van der Waals surface area contributed by atoms with Crippen LogP contribution in [0.4, 0.5) is 20.3 Å². The van der Waals surface area contributed by atoms with Crippen molar-refractivity contribution in [3.63, 3.8) is 0 Å². The van der Waals surface area contributed by atoms with Crippen LogP contribution in [0.1, 0.15) is 5.76 Å². The lowest BCUT2D eigenvalue weighted by atomic mass is 10.3. The van der Waals surface area contributed by atoms with Crippen LogP contribution in [0.5, 0.6) is 5.75 Å². The number of thioether (sulfide) groups is 1. The smallest absolute Gasteiger partial charge is 0.387 e. The molecule has 0 unspecified atom stereocenters. The summed E-state index contributed by atoms with van der Waals surface area (Å²) in [5, 5.41) is 8.75. The first-order valence-corrected chi connectivity index (χ1v) is 8.23. The van der Waals surface area contributed by atoms with Gasteiger partial charge in [0.25, 0.3) is 0 Å². The number of ether oxygens (including phenoxy) is 1. The van der Waals surface area contributed by atoms with E-state index < -0.39 is 6.61 Å². The van der Waals surface area contributed by atoms with Gasteiger partial charge in [-0.25, -0.2) is 0 Å². The monoisotopic (exact) mass is 371 g/mol. The Kier molecular flexibility index (Phi) is 6.75. The Hall–Kier alpha value is -2.62. The molecule has 0 spiro atoms. The van der Waals surface area contributed by atoms with E-state index in [2.05, 4.69) is 20.5 Å². The molecule has 2 N–H and O–H groups in total. The molecular weight excluding hydrogens is 356 g/mol. The largest absolute Gasteiger partial charge is 0.435 e. The Morgan fingerprint density at radius 1 is 1.20 bits per heavy atom. The van der Waals surface area contributed by atoms with E-state index in [9.17, 15) is 18.4 Å². The lowest BCUT2D eigenvalue weighted by molar-refractivity contribution is -0.114. The number of aromatic nitrogens is 1. The van der Waals surface area contributed by atoms with Crippen LogP contribution in [0, 0.1) is 6.92 Å². The van der Waals surface area contributed by atoms with Gasteiger partial charge in [0.05, 0.1) is 11.5 Å². The topological polar surface area (TPSA) is 93.5 Å². The summed E-state index contributed by atoms with van der Waals surface area (Å²) in [5.74, 6) is 0.395. The molecule has 0 aliphatic heterocycles. The molecular formula is C15H15F2N3O4S. The van der Waals surface area contributed by atoms with Gasteiger partial charge in [-0.05, 0) is 31.2 Å². The number of rotatable bonds is 8. The number of amides is 2. The highest BCUT2D eigenvalue weighted by Gasteiger charge is 2.09. The van der Waals surface area contributed by atoms with E-state index in [0.29, 0.717) is 17.3 Å². The van der Waals surface area contributed by atoms with Crippen LogP contribution in [0.25, 0.3) is 0 Å². The van der Waals surface area contributed by atoms with E-state index in [4.69, 9.17) is 4.52 Å². The fraction of sp³-hybridized carbons (Fsp3) is 0.267. The van der Waals surface area contributed by atoms with Crippen molar-refractivity contribution in [1.29, 1.82) is 0 Å².